The van der Waals surface area contributed by atoms with Crippen LogP contribution < -0.4 is 10.9 Å². The molecule has 0 spiro atoms. The Morgan fingerprint density at radius 2 is 1.78 bits per heavy atom. The van der Waals surface area contributed by atoms with Gasteiger partial charge in [-0.2, -0.15) is 23.0 Å². The lowest BCUT2D eigenvalue weighted by Crippen LogP contribution is -2.39. The summed E-state index contributed by atoms with van der Waals surface area (Å²) < 4.78 is 66.4. The first-order chi connectivity index (χ1) is 15.0. The molecule has 0 aliphatic heterocycles. The van der Waals surface area contributed by atoms with Crippen LogP contribution in [0.15, 0.2) is 47.4 Å². The summed E-state index contributed by atoms with van der Waals surface area (Å²) in [5, 5.41) is 15.4. The highest BCUT2D eigenvalue weighted by atomic mass is 19.4. The quantitative estimate of drug-likeness (QED) is 0.578. The lowest BCUT2D eigenvalue weighted by Gasteiger charge is -2.14. The van der Waals surface area contributed by atoms with Gasteiger partial charge in [0.05, 0.1) is 23.6 Å². The third-order valence-electron chi connectivity index (χ3n) is 4.25. The lowest BCUT2D eigenvalue weighted by molar-refractivity contribution is -0.137. The van der Waals surface area contributed by atoms with Crippen LogP contribution in [-0.4, -0.2) is 38.4 Å². The standard InChI is InChI=1S/C20H15F5N4O3/c1-10(9-30)27-18(31)15-7-17(16-3-2-11(8-26-16)20(23,24)25)28-29(19(15)32)14-5-12(21)4-13(22)6-14/h2-8,10,30H,9H2,1H3,(H,27,31). The first kappa shape index (κ1) is 23.0. The van der Waals surface area contributed by atoms with E-state index in [1.54, 1.807) is 0 Å². The second-order valence-electron chi connectivity index (χ2n) is 6.77. The zero-order valence-electron chi connectivity index (χ0n) is 16.3. The Kier molecular flexibility index (Phi) is 6.35. The van der Waals surface area contributed by atoms with E-state index in [0.29, 0.717) is 16.9 Å². The summed E-state index contributed by atoms with van der Waals surface area (Å²) in [6, 6.07) is 4.11. The molecule has 32 heavy (non-hydrogen) atoms. The van der Waals surface area contributed by atoms with Gasteiger partial charge in [0, 0.05) is 18.3 Å². The molecule has 7 nitrogen and oxygen atoms in total. The average molecular weight is 454 g/mol. The minimum atomic E-state index is -4.64. The lowest BCUT2D eigenvalue weighted by atomic mass is 10.1. The van der Waals surface area contributed by atoms with Crippen molar-refractivity contribution in [2.45, 2.75) is 19.1 Å². The molecule has 2 heterocycles. The van der Waals surface area contributed by atoms with Crippen molar-refractivity contribution >= 4 is 5.91 Å². The van der Waals surface area contributed by atoms with E-state index in [4.69, 9.17) is 5.11 Å². The number of hydrogen-bond donors (Lipinski definition) is 2. The molecule has 2 N–H and O–H groups in total. The van der Waals surface area contributed by atoms with Crippen molar-refractivity contribution in [1.82, 2.24) is 20.1 Å². The fraction of sp³-hybridized carbons (Fsp3) is 0.200. The zero-order chi connectivity index (χ0) is 23.6. The number of carbonyl (C=O) groups is 1. The number of amides is 1. The molecule has 0 bridgehead atoms. The third kappa shape index (κ3) is 4.97. The van der Waals surface area contributed by atoms with Gasteiger partial charge in [-0.3, -0.25) is 14.6 Å². The van der Waals surface area contributed by atoms with Crippen LogP contribution in [0.5, 0.6) is 0 Å². The number of carbonyl (C=O) groups excluding carboxylic acids is 1. The number of aliphatic hydroxyl groups excluding tert-OH is 1. The van der Waals surface area contributed by atoms with Crippen LogP contribution in [0.25, 0.3) is 17.1 Å². The number of nitrogens with zero attached hydrogens (tertiary/aromatic N) is 3. The number of aliphatic hydroxyl groups is 1. The van der Waals surface area contributed by atoms with E-state index in [-0.39, 0.29) is 17.1 Å². The minimum absolute atomic E-state index is 0.132. The average Bonchev–Trinajstić information content (AvgIpc) is 2.72. The van der Waals surface area contributed by atoms with Crippen molar-refractivity contribution in [2.24, 2.45) is 0 Å². The normalized spacial score (nSPS) is 12.5. The summed E-state index contributed by atoms with van der Waals surface area (Å²) in [6.07, 6.45) is -4.09. The van der Waals surface area contributed by atoms with E-state index in [0.717, 1.165) is 30.3 Å². The molecule has 0 fully saturated rings. The number of nitrogens with one attached hydrogen (secondary N) is 1. The first-order valence-corrected chi connectivity index (χ1v) is 9.06. The maximum atomic E-state index is 13.7. The molecule has 0 aliphatic rings. The van der Waals surface area contributed by atoms with Gasteiger partial charge in [0.2, 0.25) is 0 Å². The highest BCUT2D eigenvalue weighted by Gasteiger charge is 2.31. The van der Waals surface area contributed by atoms with Gasteiger partial charge in [-0.25, -0.2) is 8.78 Å². The molecule has 1 aromatic carbocycles. The number of rotatable bonds is 5. The van der Waals surface area contributed by atoms with Gasteiger partial charge in [-0.1, -0.05) is 0 Å². The van der Waals surface area contributed by atoms with Crippen molar-refractivity contribution in [3.8, 4) is 17.1 Å². The monoisotopic (exact) mass is 454 g/mol. The number of hydrogen-bond acceptors (Lipinski definition) is 5. The number of alkyl halides is 3. The van der Waals surface area contributed by atoms with E-state index in [2.05, 4.69) is 15.4 Å². The maximum Gasteiger partial charge on any atom is 0.417 e. The molecule has 0 saturated carbocycles. The van der Waals surface area contributed by atoms with Crippen LogP contribution >= 0.6 is 0 Å². The third-order valence-corrected chi connectivity index (χ3v) is 4.25. The molecule has 12 heteroatoms. The van der Waals surface area contributed by atoms with Gasteiger partial charge in [-0.15, -0.1) is 0 Å². The van der Waals surface area contributed by atoms with Crippen molar-refractivity contribution in [3.05, 3.63) is 75.7 Å². The van der Waals surface area contributed by atoms with Crippen LogP contribution in [0.1, 0.15) is 22.8 Å². The molecule has 1 unspecified atom stereocenters. The summed E-state index contributed by atoms with van der Waals surface area (Å²) >= 11 is 0. The van der Waals surface area contributed by atoms with E-state index < -0.39 is 53.1 Å². The van der Waals surface area contributed by atoms with Gasteiger partial charge in [0.25, 0.3) is 11.5 Å². The maximum absolute atomic E-state index is 13.7. The first-order valence-electron chi connectivity index (χ1n) is 9.06. The summed E-state index contributed by atoms with van der Waals surface area (Å²) in [7, 11) is 0. The summed E-state index contributed by atoms with van der Waals surface area (Å²) in [4.78, 5) is 29.1. The fourth-order valence-electron chi connectivity index (χ4n) is 2.68. The van der Waals surface area contributed by atoms with Gasteiger partial charge >= 0.3 is 6.18 Å². The fourth-order valence-corrected chi connectivity index (χ4v) is 2.68. The zero-order valence-corrected chi connectivity index (χ0v) is 16.3. The highest BCUT2D eigenvalue weighted by molar-refractivity contribution is 5.94. The number of aromatic nitrogens is 3. The molecule has 0 aliphatic carbocycles. The van der Waals surface area contributed by atoms with Crippen LogP contribution in [0, 0.1) is 11.6 Å². The Hall–Kier alpha value is -3.67. The van der Waals surface area contributed by atoms with Crippen LogP contribution in [-0.2, 0) is 6.18 Å². The number of pyridine rings is 1. The molecule has 1 amide bonds. The highest BCUT2D eigenvalue weighted by Crippen LogP contribution is 2.29. The van der Waals surface area contributed by atoms with Crippen LogP contribution in [0.3, 0.4) is 0 Å². The minimum Gasteiger partial charge on any atom is -0.394 e. The Morgan fingerprint density at radius 1 is 1.12 bits per heavy atom. The molecule has 0 saturated heterocycles. The molecule has 0 radical (unpaired) electrons. The summed E-state index contributed by atoms with van der Waals surface area (Å²) in [5.74, 6) is -2.98. The molecule has 3 rings (SSSR count). The molecular weight excluding hydrogens is 439 g/mol. The van der Waals surface area contributed by atoms with Gasteiger partial charge < -0.3 is 10.4 Å². The van der Waals surface area contributed by atoms with E-state index in [1.807, 2.05) is 0 Å². The topological polar surface area (TPSA) is 97.1 Å². The molecule has 3 aromatic rings. The molecule has 1 atom stereocenters. The Balaban J connectivity index is 2.20. The van der Waals surface area contributed by atoms with Crippen LogP contribution in [0.4, 0.5) is 22.0 Å². The van der Waals surface area contributed by atoms with E-state index >= 15 is 0 Å². The van der Waals surface area contributed by atoms with Crippen molar-refractivity contribution < 1.29 is 31.9 Å². The van der Waals surface area contributed by atoms with E-state index in [9.17, 15) is 31.5 Å². The molecule has 2 aromatic heterocycles. The Morgan fingerprint density at radius 3 is 2.31 bits per heavy atom. The number of benzene rings is 1. The predicted molar refractivity (Wildman–Crippen MR) is 102 cm³/mol. The second-order valence-corrected chi connectivity index (χ2v) is 6.77. The van der Waals surface area contributed by atoms with Gasteiger partial charge in [0.15, 0.2) is 0 Å². The largest absolute Gasteiger partial charge is 0.417 e. The SMILES string of the molecule is CC(CO)NC(=O)c1cc(-c2ccc(C(F)(F)F)cn2)nn(-c2cc(F)cc(F)c2)c1=O. The van der Waals surface area contributed by atoms with Gasteiger partial charge in [-0.05, 0) is 37.3 Å². The molecule has 168 valence electrons. The van der Waals surface area contributed by atoms with Crippen molar-refractivity contribution in [1.29, 1.82) is 0 Å². The summed E-state index contributed by atoms with van der Waals surface area (Å²) in [6.45, 7) is 1.02. The van der Waals surface area contributed by atoms with Crippen molar-refractivity contribution in [2.75, 3.05) is 6.61 Å². The van der Waals surface area contributed by atoms with E-state index in [1.165, 1.54) is 6.92 Å². The van der Waals surface area contributed by atoms with Crippen molar-refractivity contribution in [3.63, 3.8) is 0 Å². The second kappa shape index (κ2) is 8.83. The molecular formula is C20H15F5N4O3. The van der Waals surface area contributed by atoms with Crippen LogP contribution in [0.2, 0.25) is 0 Å². The smallest absolute Gasteiger partial charge is 0.394 e. The summed E-state index contributed by atoms with van der Waals surface area (Å²) in [5.41, 5.74) is -3.30. The Bertz CT molecular complexity index is 1190. The van der Waals surface area contributed by atoms with Gasteiger partial charge in [0.1, 0.15) is 22.9 Å². The predicted octanol–water partition coefficient (Wildman–Crippen LogP) is 2.70. The Labute approximate surface area is 177 Å². The number of halogens is 5.